The smallest absolute Gasteiger partial charge is 0.249 e. The molecule has 1 heterocycles. The van der Waals surface area contributed by atoms with E-state index in [1.807, 2.05) is 12.1 Å². The highest BCUT2D eigenvalue weighted by Crippen LogP contribution is 2.13. The van der Waals surface area contributed by atoms with E-state index >= 15 is 0 Å². The summed E-state index contributed by atoms with van der Waals surface area (Å²) >= 11 is 0. The molecule has 1 fully saturated rings. The SMILES string of the molecule is O=C=NC#CC#CC#CN=C=O.OCCN(CCO)CC1CCCCO1. The summed E-state index contributed by atoms with van der Waals surface area (Å²) < 4.78 is 5.60. The molecule has 0 saturated carbocycles. The first-order valence-corrected chi connectivity index (χ1v) is 7.97. The van der Waals surface area contributed by atoms with Crippen molar-refractivity contribution in [2.75, 3.05) is 39.5 Å². The minimum Gasteiger partial charge on any atom is -0.395 e. The number of rotatable bonds is 6. The van der Waals surface area contributed by atoms with Gasteiger partial charge in [0.15, 0.2) is 0 Å². The summed E-state index contributed by atoms with van der Waals surface area (Å²) in [4.78, 5) is 26.8. The van der Waals surface area contributed by atoms with Gasteiger partial charge < -0.3 is 14.9 Å². The molecule has 0 bridgehead atoms. The van der Waals surface area contributed by atoms with Crippen LogP contribution in [0.2, 0.25) is 0 Å². The van der Waals surface area contributed by atoms with Gasteiger partial charge in [0, 0.05) is 49.9 Å². The van der Waals surface area contributed by atoms with Gasteiger partial charge in [-0.05, 0) is 19.3 Å². The van der Waals surface area contributed by atoms with Crippen LogP contribution in [-0.4, -0.2) is 72.8 Å². The van der Waals surface area contributed by atoms with Gasteiger partial charge in [-0.3, -0.25) is 4.90 Å². The fourth-order valence-corrected chi connectivity index (χ4v) is 2.04. The van der Waals surface area contributed by atoms with Gasteiger partial charge in [0.2, 0.25) is 12.2 Å². The Morgan fingerprint density at radius 2 is 1.50 bits per heavy atom. The van der Waals surface area contributed by atoms with Gasteiger partial charge in [-0.25, -0.2) is 9.59 Å². The maximum atomic E-state index is 9.45. The van der Waals surface area contributed by atoms with Crippen LogP contribution in [0.4, 0.5) is 0 Å². The van der Waals surface area contributed by atoms with E-state index in [0.717, 1.165) is 26.0 Å². The van der Waals surface area contributed by atoms with E-state index in [9.17, 15) is 9.59 Å². The second kappa shape index (κ2) is 18.6. The predicted octanol–water partition coefficient (Wildman–Crippen LogP) is -0.575. The first-order valence-electron chi connectivity index (χ1n) is 7.97. The summed E-state index contributed by atoms with van der Waals surface area (Å²) in [6, 6.07) is 4.06. The van der Waals surface area contributed by atoms with Crippen LogP contribution in [0, 0.1) is 35.8 Å². The molecular weight excluding hydrogens is 338 g/mol. The van der Waals surface area contributed by atoms with E-state index in [4.69, 9.17) is 14.9 Å². The fourth-order valence-electron chi connectivity index (χ4n) is 2.04. The minimum absolute atomic E-state index is 0.146. The van der Waals surface area contributed by atoms with E-state index in [-0.39, 0.29) is 13.2 Å². The Labute approximate surface area is 153 Å². The topological polar surface area (TPSA) is 112 Å². The van der Waals surface area contributed by atoms with Crippen molar-refractivity contribution in [3.05, 3.63) is 0 Å². The highest BCUT2D eigenvalue weighted by molar-refractivity contribution is 5.41. The zero-order valence-electron chi connectivity index (χ0n) is 14.4. The average molecular weight is 359 g/mol. The van der Waals surface area contributed by atoms with Crippen molar-refractivity contribution in [1.82, 2.24) is 4.90 Å². The van der Waals surface area contributed by atoms with Crippen molar-refractivity contribution >= 4 is 12.2 Å². The number of ether oxygens (including phenoxy) is 1. The van der Waals surface area contributed by atoms with Gasteiger partial charge in [-0.1, -0.05) is 0 Å². The lowest BCUT2D eigenvalue weighted by Gasteiger charge is -2.29. The van der Waals surface area contributed by atoms with Gasteiger partial charge in [0.25, 0.3) is 0 Å². The zero-order chi connectivity index (χ0) is 19.3. The third-order valence-corrected chi connectivity index (χ3v) is 3.07. The Balaban J connectivity index is 0.000000488. The van der Waals surface area contributed by atoms with E-state index in [2.05, 4.69) is 38.6 Å². The van der Waals surface area contributed by atoms with Gasteiger partial charge in [0.05, 0.1) is 31.4 Å². The van der Waals surface area contributed by atoms with E-state index in [0.29, 0.717) is 19.2 Å². The van der Waals surface area contributed by atoms with Crippen LogP contribution >= 0.6 is 0 Å². The summed E-state index contributed by atoms with van der Waals surface area (Å²) in [6.45, 7) is 3.23. The third kappa shape index (κ3) is 14.8. The second-order valence-corrected chi connectivity index (χ2v) is 4.87. The summed E-state index contributed by atoms with van der Waals surface area (Å²) in [5.41, 5.74) is 0. The first-order chi connectivity index (χ1) is 12.8. The Kier molecular flexibility index (Phi) is 16.7. The monoisotopic (exact) mass is 359 g/mol. The van der Waals surface area contributed by atoms with Crippen LogP contribution in [0.3, 0.4) is 0 Å². The second-order valence-electron chi connectivity index (χ2n) is 4.87. The van der Waals surface area contributed by atoms with Crippen LogP contribution in [0.25, 0.3) is 0 Å². The van der Waals surface area contributed by atoms with Gasteiger partial charge in [-0.15, -0.1) is 9.98 Å². The maximum Gasteiger partial charge on any atom is 0.249 e. The molecule has 1 unspecified atom stereocenters. The number of carbonyl (C=O) groups excluding carboxylic acids is 2. The van der Waals surface area contributed by atoms with E-state index < -0.39 is 0 Å². The highest BCUT2D eigenvalue weighted by atomic mass is 16.5. The molecule has 1 atom stereocenters. The van der Waals surface area contributed by atoms with E-state index in [1.54, 1.807) is 0 Å². The standard InChI is InChI=1S/C10H21NO3.C8N2O2/c12-6-4-11(5-7-13)9-10-3-1-2-8-14-10;11-7-9-5-3-1-2-4-6-10-8-12/h10,12-13H,1-9H2;. The Bertz CT molecular complexity index is 610. The molecule has 1 rings (SSSR count). The molecule has 1 saturated heterocycles. The molecule has 0 amide bonds. The number of hydrogen-bond donors (Lipinski definition) is 2. The number of hydrogen-bond acceptors (Lipinski definition) is 8. The van der Waals surface area contributed by atoms with Crippen LogP contribution < -0.4 is 0 Å². The van der Waals surface area contributed by atoms with Crippen molar-refractivity contribution in [2.45, 2.75) is 25.4 Å². The first kappa shape index (κ1) is 23.3. The number of aliphatic hydroxyl groups is 2. The summed E-state index contributed by atoms with van der Waals surface area (Å²) in [6.07, 6.45) is 6.21. The molecule has 26 heavy (non-hydrogen) atoms. The summed E-state index contributed by atoms with van der Waals surface area (Å²) in [7, 11) is 0. The van der Waals surface area contributed by atoms with Gasteiger partial charge in [0.1, 0.15) is 0 Å². The van der Waals surface area contributed by atoms with Crippen molar-refractivity contribution in [3.8, 4) is 35.8 Å². The molecule has 0 aromatic heterocycles. The molecule has 0 aromatic carbocycles. The molecule has 2 N–H and O–H groups in total. The molecular formula is C18H21N3O5. The third-order valence-electron chi connectivity index (χ3n) is 3.07. The number of aliphatic hydroxyl groups excluding tert-OH is 2. The Morgan fingerprint density at radius 1 is 0.923 bits per heavy atom. The lowest BCUT2D eigenvalue weighted by Crippen LogP contribution is -2.38. The normalized spacial score (nSPS) is 14.3. The molecule has 0 aromatic rings. The van der Waals surface area contributed by atoms with Crippen molar-refractivity contribution in [3.63, 3.8) is 0 Å². The molecule has 8 nitrogen and oxygen atoms in total. The van der Waals surface area contributed by atoms with E-state index in [1.165, 1.54) is 18.6 Å². The Morgan fingerprint density at radius 3 is 1.92 bits per heavy atom. The molecule has 138 valence electrons. The summed E-state index contributed by atoms with van der Waals surface area (Å²) in [5, 5.41) is 17.7. The number of nitrogens with zero attached hydrogens (tertiary/aromatic N) is 3. The maximum absolute atomic E-state index is 9.45. The highest BCUT2D eigenvalue weighted by Gasteiger charge is 2.16. The number of isocyanates is 2. The van der Waals surface area contributed by atoms with Crippen LogP contribution in [0.1, 0.15) is 19.3 Å². The van der Waals surface area contributed by atoms with Crippen LogP contribution in [0.5, 0.6) is 0 Å². The molecule has 8 heteroatoms. The average Bonchev–Trinajstić information content (AvgIpc) is 2.66. The fraction of sp³-hybridized carbons (Fsp3) is 0.556. The Hall–Kier alpha value is -2.72. The zero-order valence-corrected chi connectivity index (χ0v) is 14.4. The molecule has 1 aliphatic rings. The lowest BCUT2D eigenvalue weighted by atomic mass is 10.1. The molecule has 1 aliphatic heterocycles. The van der Waals surface area contributed by atoms with Crippen molar-refractivity contribution < 1.29 is 24.5 Å². The molecule has 0 aliphatic carbocycles. The predicted molar refractivity (Wildman–Crippen MR) is 93.8 cm³/mol. The molecule has 0 radical (unpaired) electrons. The van der Waals surface area contributed by atoms with Crippen LogP contribution in [-0.2, 0) is 14.3 Å². The lowest BCUT2D eigenvalue weighted by molar-refractivity contribution is -0.0102. The quantitative estimate of drug-likeness (QED) is 0.373. The summed E-state index contributed by atoms with van der Waals surface area (Å²) in [5.74, 6) is 8.82. The van der Waals surface area contributed by atoms with Crippen molar-refractivity contribution in [2.24, 2.45) is 9.98 Å². The minimum atomic E-state index is 0.146. The largest absolute Gasteiger partial charge is 0.395 e. The van der Waals surface area contributed by atoms with Gasteiger partial charge in [-0.2, -0.15) is 0 Å². The van der Waals surface area contributed by atoms with Crippen LogP contribution in [0.15, 0.2) is 9.98 Å². The number of aliphatic imine (C=N–C) groups is 2. The van der Waals surface area contributed by atoms with Gasteiger partial charge >= 0.3 is 0 Å². The van der Waals surface area contributed by atoms with Crippen molar-refractivity contribution in [1.29, 1.82) is 0 Å². The molecule has 0 spiro atoms.